The van der Waals surface area contributed by atoms with Gasteiger partial charge in [-0.05, 0) is 24.7 Å². The molecule has 0 saturated carbocycles. The summed E-state index contributed by atoms with van der Waals surface area (Å²) in [5, 5.41) is 14.6. The second-order valence-electron chi connectivity index (χ2n) is 3.22. The van der Waals surface area contributed by atoms with Crippen LogP contribution in [0.25, 0.3) is 0 Å². The zero-order valence-corrected chi connectivity index (χ0v) is 8.95. The predicted molar refractivity (Wildman–Crippen MR) is 58.7 cm³/mol. The summed E-state index contributed by atoms with van der Waals surface area (Å²) in [6.07, 6.45) is 0. The largest absolute Gasteiger partial charge is 0.394 e. The number of nitrogens with one attached hydrogen (secondary N) is 2. The third kappa shape index (κ3) is 2.78. The Bertz CT molecular complexity index is 318. The molecule has 0 aliphatic carbocycles. The van der Waals surface area contributed by atoms with Gasteiger partial charge in [-0.15, -0.1) is 0 Å². The molecule has 82 valence electrons. The molecule has 3 N–H and O–H groups in total. The average molecular weight is 208 g/mol. The van der Waals surface area contributed by atoms with Gasteiger partial charge < -0.3 is 15.7 Å². The summed E-state index contributed by atoms with van der Waals surface area (Å²) in [7, 11) is 3.38. The van der Waals surface area contributed by atoms with Crippen molar-refractivity contribution >= 4 is 5.91 Å². The Morgan fingerprint density at radius 1 is 1.33 bits per heavy atom. The number of aliphatic hydroxyl groups is 1. The van der Waals surface area contributed by atoms with Gasteiger partial charge in [0.1, 0.15) is 0 Å². The van der Waals surface area contributed by atoms with Crippen molar-refractivity contribution in [2.45, 2.75) is 6.04 Å². The molecule has 4 heteroatoms. The molecule has 1 aromatic carbocycles. The number of aliphatic hydroxyl groups excluding tert-OH is 1. The van der Waals surface area contributed by atoms with E-state index in [9.17, 15) is 4.79 Å². The SMILES string of the molecule is CNC(=O)c1ccc(C(CO)NC)cc1. The summed E-state index contributed by atoms with van der Waals surface area (Å²) in [5.74, 6) is -0.105. The van der Waals surface area contributed by atoms with E-state index in [1.165, 1.54) is 0 Å². The van der Waals surface area contributed by atoms with Gasteiger partial charge in [0.25, 0.3) is 5.91 Å². The quantitative estimate of drug-likeness (QED) is 0.667. The minimum atomic E-state index is -0.105. The summed E-state index contributed by atoms with van der Waals surface area (Å²) in [4.78, 5) is 11.3. The van der Waals surface area contributed by atoms with Gasteiger partial charge in [-0.2, -0.15) is 0 Å². The molecule has 1 amide bonds. The van der Waals surface area contributed by atoms with Crippen LogP contribution in [0.15, 0.2) is 24.3 Å². The van der Waals surface area contributed by atoms with Gasteiger partial charge in [-0.3, -0.25) is 4.79 Å². The molecule has 0 aliphatic heterocycles. The van der Waals surface area contributed by atoms with Crippen LogP contribution >= 0.6 is 0 Å². The van der Waals surface area contributed by atoms with Crippen molar-refractivity contribution in [3.8, 4) is 0 Å². The van der Waals surface area contributed by atoms with Gasteiger partial charge in [-0.1, -0.05) is 12.1 Å². The minimum absolute atomic E-state index is 0.0375. The molecule has 0 saturated heterocycles. The highest BCUT2D eigenvalue weighted by atomic mass is 16.3. The summed E-state index contributed by atoms with van der Waals surface area (Å²) in [5.41, 5.74) is 1.58. The fourth-order valence-electron chi connectivity index (χ4n) is 1.37. The average Bonchev–Trinajstić information content (AvgIpc) is 2.30. The van der Waals surface area contributed by atoms with E-state index in [0.717, 1.165) is 5.56 Å². The maximum absolute atomic E-state index is 11.3. The van der Waals surface area contributed by atoms with Gasteiger partial charge >= 0.3 is 0 Å². The molecule has 0 heterocycles. The first kappa shape index (κ1) is 11.7. The highest BCUT2D eigenvalue weighted by Gasteiger charge is 2.08. The molecular formula is C11H16N2O2. The Balaban J connectivity index is 2.84. The number of carbonyl (C=O) groups is 1. The van der Waals surface area contributed by atoms with Crippen LogP contribution in [0.5, 0.6) is 0 Å². The van der Waals surface area contributed by atoms with E-state index in [-0.39, 0.29) is 18.6 Å². The molecule has 0 aliphatic rings. The first-order valence-electron chi connectivity index (χ1n) is 4.83. The van der Waals surface area contributed by atoms with Crippen LogP contribution in [0.2, 0.25) is 0 Å². The number of benzene rings is 1. The molecular weight excluding hydrogens is 192 g/mol. The molecule has 4 nitrogen and oxygen atoms in total. The van der Waals surface area contributed by atoms with Crippen molar-refractivity contribution in [1.29, 1.82) is 0 Å². The highest BCUT2D eigenvalue weighted by molar-refractivity contribution is 5.93. The van der Waals surface area contributed by atoms with Crippen LogP contribution in [0, 0.1) is 0 Å². The molecule has 0 aromatic heterocycles. The number of hydrogen-bond acceptors (Lipinski definition) is 3. The minimum Gasteiger partial charge on any atom is -0.394 e. The molecule has 1 rings (SSSR count). The van der Waals surface area contributed by atoms with Gasteiger partial charge in [0.15, 0.2) is 0 Å². The lowest BCUT2D eigenvalue weighted by Crippen LogP contribution is -2.21. The molecule has 1 atom stereocenters. The summed E-state index contributed by atoms with van der Waals surface area (Å²) >= 11 is 0. The fraction of sp³-hybridized carbons (Fsp3) is 0.364. The summed E-state index contributed by atoms with van der Waals surface area (Å²) in [6, 6.07) is 7.08. The Labute approximate surface area is 89.3 Å². The maximum Gasteiger partial charge on any atom is 0.251 e. The van der Waals surface area contributed by atoms with Crippen molar-refractivity contribution < 1.29 is 9.90 Å². The molecule has 0 bridgehead atoms. The maximum atomic E-state index is 11.3. The van der Waals surface area contributed by atoms with Crippen LogP contribution in [-0.2, 0) is 0 Å². The smallest absolute Gasteiger partial charge is 0.251 e. The van der Waals surface area contributed by atoms with Gasteiger partial charge in [0, 0.05) is 12.6 Å². The predicted octanol–water partition coefficient (Wildman–Crippen LogP) is 0.299. The van der Waals surface area contributed by atoms with Crippen molar-refractivity contribution in [3.63, 3.8) is 0 Å². The lowest BCUT2D eigenvalue weighted by Gasteiger charge is -2.13. The fourth-order valence-corrected chi connectivity index (χ4v) is 1.37. The zero-order valence-electron chi connectivity index (χ0n) is 8.95. The summed E-state index contributed by atoms with van der Waals surface area (Å²) in [6.45, 7) is 0.0375. The highest BCUT2D eigenvalue weighted by Crippen LogP contribution is 2.12. The van der Waals surface area contributed by atoms with Crippen molar-refractivity contribution in [2.75, 3.05) is 20.7 Å². The van der Waals surface area contributed by atoms with E-state index in [2.05, 4.69) is 10.6 Å². The number of rotatable bonds is 4. The van der Waals surface area contributed by atoms with Crippen molar-refractivity contribution in [2.24, 2.45) is 0 Å². The van der Waals surface area contributed by atoms with E-state index in [1.54, 1.807) is 26.2 Å². The number of amides is 1. The topological polar surface area (TPSA) is 61.4 Å². The zero-order chi connectivity index (χ0) is 11.3. The number of likely N-dealkylation sites (N-methyl/N-ethyl adjacent to an activating group) is 1. The Morgan fingerprint density at radius 2 is 1.93 bits per heavy atom. The standard InChI is InChI=1S/C11H16N2O2/c1-12-10(7-14)8-3-5-9(6-4-8)11(15)13-2/h3-6,10,12,14H,7H2,1-2H3,(H,13,15). The van der Waals surface area contributed by atoms with Crippen LogP contribution in [-0.4, -0.2) is 31.7 Å². The Hall–Kier alpha value is -1.39. The normalized spacial score (nSPS) is 12.2. The molecule has 0 fully saturated rings. The van der Waals surface area contributed by atoms with Crippen LogP contribution < -0.4 is 10.6 Å². The third-order valence-electron chi connectivity index (χ3n) is 2.33. The van der Waals surface area contributed by atoms with E-state index in [0.29, 0.717) is 5.56 Å². The van der Waals surface area contributed by atoms with Crippen LogP contribution in [0.1, 0.15) is 22.0 Å². The molecule has 0 spiro atoms. The lowest BCUT2D eigenvalue weighted by atomic mass is 10.1. The lowest BCUT2D eigenvalue weighted by molar-refractivity contribution is 0.0963. The molecule has 15 heavy (non-hydrogen) atoms. The molecule has 1 aromatic rings. The summed E-state index contributed by atoms with van der Waals surface area (Å²) < 4.78 is 0. The van der Waals surface area contributed by atoms with E-state index >= 15 is 0 Å². The van der Waals surface area contributed by atoms with Crippen LogP contribution in [0.3, 0.4) is 0 Å². The second-order valence-corrected chi connectivity index (χ2v) is 3.22. The second kappa shape index (κ2) is 5.48. The molecule has 0 radical (unpaired) electrons. The third-order valence-corrected chi connectivity index (χ3v) is 2.33. The van der Waals surface area contributed by atoms with Gasteiger partial charge in [0.05, 0.1) is 12.6 Å². The van der Waals surface area contributed by atoms with Crippen LogP contribution in [0.4, 0.5) is 0 Å². The van der Waals surface area contributed by atoms with E-state index in [1.807, 2.05) is 12.1 Å². The number of carbonyl (C=O) groups excluding carboxylic acids is 1. The number of hydrogen-bond donors (Lipinski definition) is 3. The van der Waals surface area contributed by atoms with Crippen molar-refractivity contribution in [3.05, 3.63) is 35.4 Å². The van der Waals surface area contributed by atoms with Gasteiger partial charge in [0.2, 0.25) is 0 Å². The van der Waals surface area contributed by atoms with Crippen molar-refractivity contribution in [1.82, 2.24) is 10.6 Å². The Morgan fingerprint density at radius 3 is 2.33 bits per heavy atom. The van der Waals surface area contributed by atoms with Gasteiger partial charge in [-0.25, -0.2) is 0 Å². The first-order valence-corrected chi connectivity index (χ1v) is 4.83. The first-order chi connectivity index (χ1) is 7.22. The van der Waals surface area contributed by atoms with E-state index < -0.39 is 0 Å². The molecule has 1 unspecified atom stereocenters. The Kier molecular flexibility index (Phi) is 4.27. The monoisotopic (exact) mass is 208 g/mol. The van der Waals surface area contributed by atoms with E-state index in [4.69, 9.17) is 5.11 Å².